The van der Waals surface area contributed by atoms with Crippen LogP contribution in [-0.2, 0) is 35.6 Å². The van der Waals surface area contributed by atoms with Crippen molar-refractivity contribution >= 4 is 44.7 Å². The lowest BCUT2D eigenvalue weighted by Gasteiger charge is -2.37. The van der Waals surface area contributed by atoms with Gasteiger partial charge < -0.3 is 29.7 Å². The number of alkyl carbamates (subject to hydrolysis) is 1. The standard InChI is InChI=1S/C41H53F2N5O9S/c1-23(2)24(3)56-38(52)45-30-12-10-8-6-7-9-11-25-20-41(25,37(51)47-58(53,54)39(4)17-18-39)46-35(49)31-21-40(22-48(31)36(30)50)16-15-27-28-19-26(55-5)13-14-29(28)44-32(34(42)43)33(27)57-40/h9,11,13-14,19,23-25,30-31,34H,6-8,10,12,15-18,20-22H2,1-5H3,(H,45,52)(H,46,49)(H,47,51)/b11-9-/t24-,25-,30+,31+,40-,41-/m1/s1. The largest absolute Gasteiger partial charge is 0.497 e. The number of methoxy groups -OCH3 is 1. The van der Waals surface area contributed by atoms with E-state index in [1.165, 1.54) is 12.0 Å². The van der Waals surface area contributed by atoms with Gasteiger partial charge in [-0.2, -0.15) is 0 Å². The minimum absolute atomic E-state index is 0.00370. The molecule has 2 saturated carbocycles. The number of hydrogen-bond acceptors (Lipinski definition) is 10. The Hall–Kier alpha value is -4.54. The fourth-order valence-electron chi connectivity index (χ4n) is 8.29. The molecule has 3 fully saturated rings. The normalized spacial score (nSPS) is 29.2. The third-order valence-electron chi connectivity index (χ3n) is 12.8. The minimum Gasteiger partial charge on any atom is -0.497 e. The number of ether oxygens (including phenoxy) is 3. The maximum absolute atomic E-state index is 14.8. The maximum Gasteiger partial charge on any atom is 0.408 e. The van der Waals surface area contributed by atoms with Gasteiger partial charge in [0.1, 0.15) is 40.8 Å². The number of allylic oxidation sites excluding steroid dienone is 1. The number of halogens is 2. The zero-order valence-electron chi connectivity index (χ0n) is 33.6. The molecule has 5 aliphatic rings. The Bertz CT molecular complexity index is 2130. The highest BCUT2D eigenvalue weighted by Crippen LogP contribution is 2.50. The molecule has 0 unspecified atom stereocenters. The number of amides is 4. The second-order valence-corrected chi connectivity index (χ2v) is 19.4. The van der Waals surface area contributed by atoms with Crippen LogP contribution in [0.25, 0.3) is 10.9 Å². The fourth-order valence-corrected chi connectivity index (χ4v) is 9.60. The van der Waals surface area contributed by atoms with Crippen molar-refractivity contribution in [3.63, 3.8) is 0 Å². The maximum atomic E-state index is 14.8. The smallest absolute Gasteiger partial charge is 0.408 e. The Morgan fingerprint density at radius 3 is 2.53 bits per heavy atom. The number of aromatic nitrogens is 1. The Labute approximate surface area is 337 Å². The highest BCUT2D eigenvalue weighted by Gasteiger charge is 2.64. The fraction of sp³-hybridized carbons (Fsp3) is 0.634. The number of benzene rings is 1. The van der Waals surface area contributed by atoms with E-state index in [1.54, 1.807) is 32.0 Å². The van der Waals surface area contributed by atoms with E-state index >= 15 is 0 Å². The van der Waals surface area contributed by atoms with Gasteiger partial charge in [0.15, 0.2) is 5.75 Å². The highest BCUT2D eigenvalue weighted by atomic mass is 32.2. The van der Waals surface area contributed by atoms with Crippen molar-refractivity contribution in [3.8, 4) is 11.5 Å². The number of nitrogens with zero attached hydrogens (tertiary/aromatic N) is 2. The van der Waals surface area contributed by atoms with E-state index in [2.05, 4.69) is 20.3 Å². The molecule has 1 saturated heterocycles. The van der Waals surface area contributed by atoms with Gasteiger partial charge in [0.05, 0.1) is 23.9 Å². The van der Waals surface area contributed by atoms with Crippen LogP contribution in [-0.4, -0.2) is 89.8 Å². The van der Waals surface area contributed by atoms with Crippen molar-refractivity contribution < 1.29 is 50.6 Å². The van der Waals surface area contributed by atoms with Crippen molar-refractivity contribution in [3.05, 3.63) is 41.6 Å². The van der Waals surface area contributed by atoms with Gasteiger partial charge in [0.2, 0.25) is 21.8 Å². The number of pyridine rings is 1. The molecule has 0 bridgehead atoms. The topological polar surface area (TPSA) is 182 Å². The first kappa shape index (κ1) is 41.6. The molecular formula is C41H53F2N5O9S. The summed E-state index contributed by atoms with van der Waals surface area (Å²) in [4.78, 5) is 62.2. The van der Waals surface area contributed by atoms with E-state index in [1.807, 2.05) is 26.0 Å². The number of rotatable bonds is 8. The Balaban J connectivity index is 1.25. The van der Waals surface area contributed by atoms with E-state index in [9.17, 15) is 36.4 Å². The lowest BCUT2D eigenvalue weighted by atomic mass is 9.87. The molecule has 4 heterocycles. The predicted octanol–water partition coefficient (Wildman–Crippen LogP) is 5.38. The molecule has 0 radical (unpaired) electrons. The van der Waals surface area contributed by atoms with Gasteiger partial charge in [0, 0.05) is 23.3 Å². The number of alkyl halides is 2. The zero-order chi connectivity index (χ0) is 41.8. The summed E-state index contributed by atoms with van der Waals surface area (Å²) in [6.45, 7) is 6.89. The van der Waals surface area contributed by atoms with E-state index in [0.717, 1.165) is 6.42 Å². The predicted molar refractivity (Wildman–Crippen MR) is 209 cm³/mol. The average molecular weight is 830 g/mol. The Morgan fingerprint density at radius 2 is 1.84 bits per heavy atom. The Morgan fingerprint density at radius 1 is 1.09 bits per heavy atom. The van der Waals surface area contributed by atoms with Crippen LogP contribution < -0.4 is 24.8 Å². The summed E-state index contributed by atoms with van der Waals surface area (Å²) in [5.74, 6) is -2.33. The summed E-state index contributed by atoms with van der Waals surface area (Å²) >= 11 is 0. The molecule has 14 nitrogen and oxygen atoms in total. The van der Waals surface area contributed by atoms with Gasteiger partial charge in [-0.1, -0.05) is 38.8 Å². The van der Waals surface area contributed by atoms with E-state index in [0.29, 0.717) is 54.3 Å². The SMILES string of the molecule is COc1ccc2nc(C(F)F)c3c(c2c1)CC[C@]1(C[C@H]2C(=O)N[C@]4(C(=O)NS(=O)(=O)C5(C)CC5)C[C@H]4/C=C\CCCCC[C@H](NC(=O)O[C@H](C)C(C)C)C(=O)N2C1)O3. The van der Waals surface area contributed by atoms with Crippen LogP contribution in [0.5, 0.6) is 11.5 Å². The molecule has 1 aromatic heterocycles. The van der Waals surface area contributed by atoms with Gasteiger partial charge in [-0.3, -0.25) is 19.1 Å². The number of hydrogen-bond donors (Lipinski definition) is 3. The molecule has 3 N–H and O–H groups in total. The summed E-state index contributed by atoms with van der Waals surface area (Å²) in [5.41, 5.74) is -2.68. The number of carbonyl (C=O) groups excluding carboxylic acids is 4. The van der Waals surface area contributed by atoms with E-state index in [-0.39, 0.29) is 50.3 Å². The van der Waals surface area contributed by atoms with Gasteiger partial charge >= 0.3 is 6.09 Å². The van der Waals surface area contributed by atoms with Crippen LogP contribution >= 0.6 is 0 Å². The molecule has 6 atom stereocenters. The number of nitrogens with one attached hydrogen (secondary N) is 3. The molecule has 2 aliphatic carbocycles. The number of carbonyl (C=O) groups is 4. The highest BCUT2D eigenvalue weighted by molar-refractivity contribution is 7.91. The molecule has 7 rings (SSSR count). The van der Waals surface area contributed by atoms with Crippen LogP contribution in [0.4, 0.5) is 13.6 Å². The monoisotopic (exact) mass is 829 g/mol. The van der Waals surface area contributed by atoms with Crippen molar-refractivity contribution in [2.24, 2.45) is 11.8 Å². The molecular weight excluding hydrogens is 777 g/mol. The van der Waals surface area contributed by atoms with Crippen LogP contribution in [0.1, 0.15) is 110 Å². The van der Waals surface area contributed by atoms with Crippen molar-refractivity contribution in [1.82, 2.24) is 25.2 Å². The number of aryl methyl sites for hydroxylation is 1. The molecule has 1 spiro atoms. The second kappa shape index (κ2) is 15.6. The summed E-state index contributed by atoms with van der Waals surface area (Å²) in [7, 11) is -2.56. The summed E-state index contributed by atoms with van der Waals surface area (Å²) in [6, 6.07) is 2.54. The molecule has 17 heteroatoms. The lowest BCUT2D eigenvalue weighted by Crippen LogP contribution is -2.58. The number of sulfonamides is 1. The van der Waals surface area contributed by atoms with Gasteiger partial charge in [-0.25, -0.2) is 27.0 Å². The average Bonchev–Trinajstić information content (AvgIpc) is 4.07. The Kier molecular flexibility index (Phi) is 11.2. The molecule has 4 amide bonds. The first-order chi connectivity index (χ1) is 27.4. The van der Waals surface area contributed by atoms with Gasteiger partial charge in [-0.15, -0.1) is 0 Å². The van der Waals surface area contributed by atoms with E-state index < -0.39 is 85.9 Å². The minimum atomic E-state index is -4.06. The first-order valence-corrected chi connectivity index (χ1v) is 21.7. The van der Waals surface area contributed by atoms with Gasteiger partial charge in [0.25, 0.3) is 12.3 Å². The molecule has 2 aromatic rings. The lowest BCUT2D eigenvalue weighted by molar-refractivity contribution is -0.141. The summed E-state index contributed by atoms with van der Waals surface area (Å²) in [6.07, 6.45) is 3.59. The molecule has 316 valence electrons. The van der Waals surface area contributed by atoms with Crippen molar-refractivity contribution in [2.45, 2.75) is 139 Å². The quantitative estimate of drug-likeness (QED) is 0.293. The second-order valence-electron chi connectivity index (χ2n) is 17.2. The zero-order valence-corrected chi connectivity index (χ0v) is 34.4. The molecule has 1 aromatic carbocycles. The molecule has 3 aliphatic heterocycles. The third-order valence-corrected chi connectivity index (χ3v) is 14.9. The first-order valence-electron chi connectivity index (χ1n) is 20.2. The third kappa shape index (κ3) is 7.94. The van der Waals surface area contributed by atoms with Crippen molar-refractivity contribution in [1.29, 1.82) is 0 Å². The van der Waals surface area contributed by atoms with Crippen LogP contribution in [0.2, 0.25) is 0 Å². The molecule has 58 heavy (non-hydrogen) atoms. The summed E-state index contributed by atoms with van der Waals surface area (Å²) in [5, 5.41) is 6.16. The van der Waals surface area contributed by atoms with Crippen LogP contribution in [0, 0.1) is 11.8 Å². The van der Waals surface area contributed by atoms with Crippen LogP contribution in [0.3, 0.4) is 0 Å². The summed E-state index contributed by atoms with van der Waals surface area (Å²) < 4.78 is 74.6. The number of fused-ring (bicyclic) bond motifs is 5. The van der Waals surface area contributed by atoms with Crippen LogP contribution in [0.15, 0.2) is 30.4 Å². The van der Waals surface area contributed by atoms with Crippen molar-refractivity contribution in [2.75, 3.05) is 13.7 Å². The van der Waals surface area contributed by atoms with Gasteiger partial charge in [-0.05, 0) is 89.3 Å². The van der Waals surface area contributed by atoms with E-state index in [4.69, 9.17) is 14.2 Å².